The second-order valence-electron chi connectivity index (χ2n) is 11.0. The van der Waals surface area contributed by atoms with Crippen molar-refractivity contribution in [3.05, 3.63) is 77.8 Å². The highest BCUT2D eigenvalue weighted by Crippen LogP contribution is 2.46. The van der Waals surface area contributed by atoms with Gasteiger partial charge in [-0.15, -0.1) is 0 Å². The summed E-state index contributed by atoms with van der Waals surface area (Å²) in [5.74, 6) is 0.832. The fraction of sp³-hybridized carbons (Fsp3) is 0.375. The highest BCUT2D eigenvalue weighted by Gasteiger charge is 2.48. The minimum absolute atomic E-state index is 0.0600. The van der Waals surface area contributed by atoms with Crippen molar-refractivity contribution in [2.45, 2.75) is 56.9 Å². The van der Waals surface area contributed by atoms with E-state index >= 15 is 0 Å². The maximum Gasteiger partial charge on any atom is 0.324 e. The number of anilines is 2. The first-order chi connectivity index (χ1) is 20.5. The zero-order chi connectivity index (χ0) is 29.3. The molecule has 2 aromatic heterocycles. The Bertz CT molecular complexity index is 1600. The van der Waals surface area contributed by atoms with Gasteiger partial charge in [0.2, 0.25) is 11.8 Å². The first kappa shape index (κ1) is 27.4. The molecule has 1 unspecified atom stereocenters. The Balaban J connectivity index is 1.44. The van der Waals surface area contributed by atoms with Gasteiger partial charge in [0.05, 0.1) is 35.3 Å². The zero-order valence-electron chi connectivity index (χ0n) is 23.7. The Morgan fingerprint density at radius 2 is 2.12 bits per heavy atom. The molecule has 1 N–H and O–H groups in total. The number of nitriles is 1. The lowest BCUT2D eigenvalue weighted by Gasteiger charge is -2.44. The van der Waals surface area contributed by atoms with Crippen LogP contribution in [0.1, 0.15) is 48.7 Å². The zero-order valence-corrected chi connectivity index (χ0v) is 23.7. The van der Waals surface area contributed by atoms with E-state index < -0.39 is 5.41 Å². The number of hydrogen-bond acceptors (Lipinski definition) is 8. The maximum absolute atomic E-state index is 14.0. The van der Waals surface area contributed by atoms with Crippen LogP contribution in [0.15, 0.2) is 55.3 Å². The van der Waals surface area contributed by atoms with Gasteiger partial charge in [-0.3, -0.25) is 14.6 Å². The molecule has 4 heterocycles. The van der Waals surface area contributed by atoms with Gasteiger partial charge < -0.3 is 19.9 Å². The molecule has 10 heteroatoms. The van der Waals surface area contributed by atoms with Gasteiger partial charge in [0.25, 0.3) is 0 Å². The number of nitrogens with zero attached hydrogens (tertiary/aromatic N) is 6. The summed E-state index contributed by atoms with van der Waals surface area (Å²) < 4.78 is 6.27. The molecule has 1 aliphatic carbocycles. The number of pyridine rings is 1. The summed E-state index contributed by atoms with van der Waals surface area (Å²) in [7, 11) is 0. The largest absolute Gasteiger partial charge is 0.422 e. The van der Waals surface area contributed by atoms with Crippen LogP contribution in [-0.2, 0) is 34.3 Å². The van der Waals surface area contributed by atoms with Gasteiger partial charge in [-0.05, 0) is 55.0 Å². The molecule has 2 amide bonds. The summed E-state index contributed by atoms with van der Waals surface area (Å²) in [6.07, 6.45) is 6.83. The summed E-state index contributed by atoms with van der Waals surface area (Å²) in [5.41, 5.74) is 3.56. The standard InChI is InChI=1S/C32H33N7O3/c1-3-24-26(12-8-16-34-24)42-31-35-25-19-32(14-7-10-21-9-5-6-11-23(21)32)30(41)36-28(25)29(37-31)38-17-18-39(27(40)4-2)22(20-38)13-15-33/h4-6,8-9,11-12,16,22H,2-3,7,10,13-14,17-20H2,1H3,(H,36,41)/t22-,32?/m0/s1. The Labute approximate surface area is 245 Å². The number of carbonyl (C=O) groups is 2. The molecule has 3 aromatic rings. The summed E-state index contributed by atoms with van der Waals surface area (Å²) in [6.45, 7) is 6.84. The average Bonchev–Trinajstić information content (AvgIpc) is 3.02. The number of carbonyl (C=O) groups excluding carboxylic acids is 2. The summed E-state index contributed by atoms with van der Waals surface area (Å²) in [5, 5.41) is 12.7. The van der Waals surface area contributed by atoms with Crippen LogP contribution in [0.3, 0.4) is 0 Å². The number of rotatable bonds is 6. The number of fused-ring (bicyclic) bond motifs is 3. The molecule has 1 spiro atoms. The topological polar surface area (TPSA) is 124 Å². The van der Waals surface area contributed by atoms with E-state index in [0.717, 1.165) is 30.5 Å². The van der Waals surface area contributed by atoms with Gasteiger partial charge in [-0.25, -0.2) is 0 Å². The van der Waals surface area contributed by atoms with Gasteiger partial charge in [-0.2, -0.15) is 15.2 Å². The van der Waals surface area contributed by atoms with Crippen molar-refractivity contribution in [1.82, 2.24) is 19.9 Å². The normalized spacial score (nSPS) is 21.1. The second-order valence-corrected chi connectivity index (χ2v) is 11.0. The maximum atomic E-state index is 14.0. The van der Waals surface area contributed by atoms with Crippen LogP contribution in [0.25, 0.3) is 0 Å². The van der Waals surface area contributed by atoms with Gasteiger partial charge >= 0.3 is 6.01 Å². The highest BCUT2D eigenvalue weighted by molar-refractivity contribution is 6.04. The van der Waals surface area contributed by atoms with Crippen LogP contribution in [0.4, 0.5) is 11.5 Å². The number of piperazine rings is 1. The first-order valence-electron chi connectivity index (χ1n) is 14.4. The van der Waals surface area contributed by atoms with Crippen molar-refractivity contribution in [1.29, 1.82) is 5.26 Å². The van der Waals surface area contributed by atoms with Crippen molar-refractivity contribution >= 4 is 23.3 Å². The van der Waals surface area contributed by atoms with E-state index in [1.807, 2.05) is 36.1 Å². The Hall–Kier alpha value is -4.78. The predicted octanol–water partition coefficient (Wildman–Crippen LogP) is 4.11. The van der Waals surface area contributed by atoms with Gasteiger partial charge in [-0.1, -0.05) is 37.8 Å². The van der Waals surface area contributed by atoms with E-state index in [4.69, 9.17) is 14.7 Å². The molecule has 1 saturated heterocycles. The number of benzene rings is 1. The SMILES string of the molecule is C=CC(=O)N1CCN(c2nc(Oc3cccnc3CC)nc3c2NC(=O)C2(CCCc4ccccc42)C3)C[C@@H]1CC#N. The van der Waals surface area contributed by atoms with Crippen LogP contribution >= 0.6 is 0 Å². The molecule has 42 heavy (non-hydrogen) atoms. The first-order valence-corrected chi connectivity index (χ1v) is 14.4. The molecule has 3 aliphatic rings. The summed E-state index contributed by atoms with van der Waals surface area (Å²) in [4.78, 5) is 44.4. The number of aryl methyl sites for hydroxylation is 2. The average molecular weight is 564 g/mol. The second kappa shape index (κ2) is 11.2. The molecule has 6 rings (SSSR count). The van der Waals surface area contributed by atoms with Crippen molar-refractivity contribution in [2.75, 3.05) is 29.9 Å². The summed E-state index contributed by atoms with van der Waals surface area (Å²) >= 11 is 0. The third kappa shape index (κ3) is 4.75. The molecule has 0 radical (unpaired) electrons. The van der Waals surface area contributed by atoms with Crippen LogP contribution in [0.5, 0.6) is 11.8 Å². The highest BCUT2D eigenvalue weighted by atomic mass is 16.5. The number of amides is 2. The van der Waals surface area contributed by atoms with Gasteiger partial charge in [0, 0.05) is 32.3 Å². The molecular formula is C32H33N7O3. The van der Waals surface area contributed by atoms with Crippen LogP contribution < -0.4 is 15.0 Å². The molecular weight excluding hydrogens is 530 g/mol. The molecule has 0 saturated carbocycles. The molecule has 10 nitrogen and oxygen atoms in total. The summed E-state index contributed by atoms with van der Waals surface area (Å²) in [6, 6.07) is 13.8. The van der Waals surface area contributed by atoms with E-state index in [9.17, 15) is 14.9 Å². The number of ether oxygens (including phenoxy) is 1. The molecule has 214 valence electrons. The lowest BCUT2D eigenvalue weighted by atomic mass is 9.65. The molecule has 1 aromatic carbocycles. The predicted molar refractivity (Wildman–Crippen MR) is 157 cm³/mol. The van der Waals surface area contributed by atoms with Crippen molar-refractivity contribution in [2.24, 2.45) is 0 Å². The van der Waals surface area contributed by atoms with Gasteiger partial charge in [0.15, 0.2) is 11.6 Å². The number of aromatic nitrogens is 3. The lowest BCUT2D eigenvalue weighted by molar-refractivity contribution is -0.128. The Kier molecular flexibility index (Phi) is 7.33. The lowest BCUT2D eigenvalue weighted by Crippen LogP contribution is -2.55. The third-order valence-corrected chi connectivity index (χ3v) is 8.62. The van der Waals surface area contributed by atoms with Crippen LogP contribution in [-0.4, -0.2) is 57.3 Å². The minimum atomic E-state index is -0.730. The van der Waals surface area contributed by atoms with Crippen molar-refractivity contribution < 1.29 is 14.3 Å². The van der Waals surface area contributed by atoms with E-state index in [0.29, 0.717) is 55.4 Å². The van der Waals surface area contributed by atoms with E-state index in [-0.39, 0.29) is 30.3 Å². The minimum Gasteiger partial charge on any atom is -0.422 e. The fourth-order valence-electron chi connectivity index (χ4n) is 6.56. The molecule has 2 aliphatic heterocycles. The molecule has 0 bridgehead atoms. The fourth-order valence-corrected chi connectivity index (χ4v) is 6.56. The van der Waals surface area contributed by atoms with Crippen molar-refractivity contribution in [3.63, 3.8) is 0 Å². The molecule has 1 fully saturated rings. The Morgan fingerprint density at radius 3 is 2.93 bits per heavy atom. The van der Waals surface area contributed by atoms with Crippen LogP contribution in [0, 0.1) is 11.3 Å². The quantitative estimate of drug-likeness (QED) is 0.445. The monoisotopic (exact) mass is 563 g/mol. The van der Waals surface area contributed by atoms with Crippen LogP contribution in [0.2, 0.25) is 0 Å². The number of nitrogens with one attached hydrogen (secondary N) is 1. The van der Waals surface area contributed by atoms with E-state index in [2.05, 4.69) is 35.1 Å². The third-order valence-electron chi connectivity index (χ3n) is 8.62. The number of hydrogen-bond donors (Lipinski definition) is 1. The smallest absolute Gasteiger partial charge is 0.324 e. The Morgan fingerprint density at radius 1 is 1.26 bits per heavy atom. The van der Waals surface area contributed by atoms with E-state index in [1.54, 1.807) is 11.1 Å². The molecule has 2 atom stereocenters. The van der Waals surface area contributed by atoms with Crippen molar-refractivity contribution in [3.8, 4) is 17.8 Å². The van der Waals surface area contributed by atoms with E-state index in [1.165, 1.54) is 11.6 Å². The van der Waals surface area contributed by atoms with Gasteiger partial charge in [0.1, 0.15) is 5.69 Å².